The predicted octanol–water partition coefficient (Wildman–Crippen LogP) is 0.974. The molecule has 0 aliphatic heterocycles. The van der Waals surface area contributed by atoms with Crippen LogP contribution in [0.5, 0.6) is 0 Å². The van der Waals surface area contributed by atoms with Crippen molar-refractivity contribution in [1.29, 1.82) is 0 Å². The monoisotopic (exact) mass is 253 g/mol. The molecule has 1 N–H and O–H groups in total. The minimum atomic E-state index is -0.479. The molecule has 0 saturated heterocycles. The van der Waals surface area contributed by atoms with Crippen molar-refractivity contribution >= 4 is 11.9 Å². The van der Waals surface area contributed by atoms with Crippen molar-refractivity contribution in [2.45, 2.75) is 39.8 Å². The van der Waals surface area contributed by atoms with Crippen LogP contribution in [0.4, 0.5) is 0 Å². The number of hydrogen-bond acceptors (Lipinski definition) is 4. The quantitative estimate of drug-likeness (QED) is 0.812. The maximum absolute atomic E-state index is 11.7. The summed E-state index contributed by atoms with van der Waals surface area (Å²) in [7, 11) is 0. The van der Waals surface area contributed by atoms with E-state index in [1.54, 1.807) is 11.5 Å². The van der Waals surface area contributed by atoms with Crippen molar-refractivity contribution in [3.8, 4) is 0 Å². The Morgan fingerprint density at radius 2 is 2.11 bits per heavy atom. The molecule has 1 aromatic heterocycles. The minimum absolute atomic E-state index is 0.129. The molecule has 100 valence electrons. The van der Waals surface area contributed by atoms with Gasteiger partial charge in [0.25, 0.3) is 0 Å². The summed E-state index contributed by atoms with van der Waals surface area (Å²) >= 11 is 0. The summed E-state index contributed by atoms with van der Waals surface area (Å²) in [5, 5.41) is 2.83. The Labute approximate surface area is 106 Å². The van der Waals surface area contributed by atoms with Gasteiger partial charge in [-0.1, -0.05) is 0 Å². The number of carbonyl (C=O) groups excluding carboxylic acids is 2. The zero-order valence-electron chi connectivity index (χ0n) is 11.2. The summed E-state index contributed by atoms with van der Waals surface area (Å²) in [5.41, 5.74) is -0.0674. The molecular weight excluding hydrogens is 234 g/mol. The maximum atomic E-state index is 11.7. The van der Waals surface area contributed by atoms with Crippen LogP contribution in [0.25, 0.3) is 0 Å². The van der Waals surface area contributed by atoms with Crippen LogP contribution in [0.1, 0.15) is 38.2 Å². The molecule has 1 heterocycles. The van der Waals surface area contributed by atoms with Crippen molar-refractivity contribution in [2.75, 3.05) is 6.61 Å². The van der Waals surface area contributed by atoms with Crippen LogP contribution in [0.2, 0.25) is 0 Å². The Kier molecular flexibility index (Phi) is 4.47. The summed E-state index contributed by atoms with van der Waals surface area (Å²) in [6.07, 6.45) is 2.94. The third kappa shape index (κ3) is 4.57. The second kappa shape index (κ2) is 5.66. The molecule has 1 rings (SSSR count). The van der Waals surface area contributed by atoms with Gasteiger partial charge >= 0.3 is 5.97 Å². The summed E-state index contributed by atoms with van der Waals surface area (Å²) in [4.78, 5) is 26.9. The number of hydrogen-bond donors (Lipinski definition) is 1. The number of rotatable bonds is 4. The van der Waals surface area contributed by atoms with E-state index < -0.39 is 5.97 Å². The third-order valence-electron chi connectivity index (χ3n) is 1.96. The number of carbonyl (C=O) groups is 2. The Hall–Kier alpha value is -1.85. The SMILES string of the molecule is CCOC(=O)c1cn(CC(=O)NC(C)(C)C)cn1. The highest BCUT2D eigenvalue weighted by atomic mass is 16.5. The molecule has 1 amide bonds. The second-order valence-corrected chi connectivity index (χ2v) is 4.95. The van der Waals surface area contributed by atoms with Crippen molar-refractivity contribution < 1.29 is 14.3 Å². The van der Waals surface area contributed by atoms with Gasteiger partial charge in [0.05, 0.1) is 12.9 Å². The summed E-state index contributed by atoms with van der Waals surface area (Å²) < 4.78 is 6.36. The normalized spacial score (nSPS) is 11.1. The summed E-state index contributed by atoms with van der Waals surface area (Å²) in [5.74, 6) is -0.609. The second-order valence-electron chi connectivity index (χ2n) is 4.95. The van der Waals surface area contributed by atoms with E-state index in [4.69, 9.17) is 4.74 Å². The van der Waals surface area contributed by atoms with Crippen LogP contribution in [0.3, 0.4) is 0 Å². The zero-order valence-corrected chi connectivity index (χ0v) is 11.2. The maximum Gasteiger partial charge on any atom is 0.358 e. The zero-order chi connectivity index (χ0) is 13.8. The first-order chi connectivity index (χ1) is 8.31. The Morgan fingerprint density at radius 1 is 1.44 bits per heavy atom. The molecular formula is C12H19N3O3. The molecule has 0 radical (unpaired) electrons. The number of esters is 1. The number of ether oxygens (including phenoxy) is 1. The lowest BCUT2D eigenvalue weighted by Crippen LogP contribution is -2.42. The topological polar surface area (TPSA) is 73.2 Å². The van der Waals surface area contributed by atoms with E-state index in [0.717, 1.165) is 0 Å². The van der Waals surface area contributed by atoms with Gasteiger partial charge in [0.15, 0.2) is 5.69 Å². The Bertz CT molecular complexity index is 432. The van der Waals surface area contributed by atoms with Gasteiger partial charge < -0.3 is 14.6 Å². The van der Waals surface area contributed by atoms with E-state index in [1.165, 1.54) is 12.5 Å². The van der Waals surface area contributed by atoms with Crippen molar-refractivity contribution in [1.82, 2.24) is 14.9 Å². The van der Waals surface area contributed by atoms with E-state index in [-0.39, 0.29) is 23.7 Å². The van der Waals surface area contributed by atoms with E-state index in [9.17, 15) is 9.59 Å². The molecule has 0 aliphatic carbocycles. The van der Waals surface area contributed by atoms with Gasteiger partial charge in [-0.2, -0.15) is 0 Å². The van der Waals surface area contributed by atoms with Crippen LogP contribution in [-0.4, -0.2) is 33.6 Å². The fraction of sp³-hybridized carbons (Fsp3) is 0.583. The van der Waals surface area contributed by atoms with Gasteiger partial charge in [0, 0.05) is 11.7 Å². The van der Waals surface area contributed by atoms with Crippen LogP contribution < -0.4 is 5.32 Å². The van der Waals surface area contributed by atoms with E-state index in [1.807, 2.05) is 20.8 Å². The number of aromatic nitrogens is 2. The fourth-order valence-electron chi connectivity index (χ4n) is 1.38. The number of nitrogens with one attached hydrogen (secondary N) is 1. The first kappa shape index (κ1) is 14.2. The highest BCUT2D eigenvalue weighted by Gasteiger charge is 2.15. The molecule has 6 nitrogen and oxygen atoms in total. The fourth-order valence-corrected chi connectivity index (χ4v) is 1.38. The van der Waals surface area contributed by atoms with E-state index in [2.05, 4.69) is 10.3 Å². The Balaban J connectivity index is 2.59. The smallest absolute Gasteiger partial charge is 0.358 e. The third-order valence-corrected chi connectivity index (χ3v) is 1.96. The average Bonchev–Trinajstić information content (AvgIpc) is 2.63. The molecule has 0 aromatic carbocycles. The molecule has 1 aromatic rings. The van der Waals surface area contributed by atoms with Gasteiger partial charge in [-0.3, -0.25) is 4.79 Å². The Morgan fingerprint density at radius 3 is 2.67 bits per heavy atom. The summed E-state index contributed by atoms with van der Waals surface area (Å²) in [6.45, 7) is 7.88. The lowest BCUT2D eigenvalue weighted by Gasteiger charge is -2.20. The van der Waals surface area contributed by atoms with E-state index >= 15 is 0 Å². The lowest BCUT2D eigenvalue weighted by atomic mass is 10.1. The largest absolute Gasteiger partial charge is 0.461 e. The molecule has 0 fully saturated rings. The molecule has 0 spiro atoms. The molecule has 6 heteroatoms. The number of imidazole rings is 1. The van der Waals surface area contributed by atoms with Crippen molar-refractivity contribution in [3.63, 3.8) is 0 Å². The van der Waals surface area contributed by atoms with Crippen LogP contribution in [0.15, 0.2) is 12.5 Å². The molecule has 0 aliphatic rings. The van der Waals surface area contributed by atoms with Crippen LogP contribution >= 0.6 is 0 Å². The first-order valence-electron chi connectivity index (χ1n) is 5.81. The first-order valence-corrected chi connectivity index (χ1v) is 5.81. The molecule has 0 saturated carbocycles. The van der Waals surface area contributed by atoms with Crippen molar-refractivity contribution in [3.05, 3.63) is 18.2 Å². The number of nitrogens with zero attached hydrogens (tertiary/aromatic N) is 2. The van der Waals surface area contributed by atoms with Gasteiger partial charge in [-0.25, -0.2) is 9.78 Å². The highest BCUT2D eigenvalue weighted by Crippen LogP contribution is 2.01. The van der Waals surface area contributed by atoms with Gasteiger partial charge in [0.2, 0.25) is 5.91 Å². The van der Waals surface area contributed by atoms with Gasteiger partial charge in [-0.15, -0.1) is 0 Å². The molecule has 0 atom stereocenters. The highest BCUT2D eigenvalue weighted by molar-refractivity contribution is 5.87. The average molecular weight is 253 g/mol. The van der Waals surface area contributed by atoms with Gasteiger partial charge in [-0.05, 0) is 27.7 Å². The van der Waals surface area contributed by atoms with Crippen LogP contribution in [0, 0.1) is 0 Å². The molecule has 0 unspecified atom stereocenters. The standard InChI is InChI=1S/C12H19N3O3/c1-5-18-11(17)9-6-15(8-13-9)7-10(16)14-12(2,3)4/h6,8H,5,7H2,1-4H3,(H,14,16). The summed E-state index contributed by atoms with van der Waals surface area (Å²) in [6, 6.07) is 0. The van der Waals surface area contributed by atoms with Crippen LogP contribution in [-0.2, 0) is 16.1 Å². The van der Waals surface area contributed by atoms with Crippen molar-refractivity contribution in [2.24, 2.45) is 0 Å². The molecule has 18 heavy (non-hydrogen) atoms. The minimum Gasteiger partial charge on any atom is -0.461 e. The van der Waals surface area contributed by atoms with Gasteiger partial charge in [0.1, 0.15) is 6.54 Å². The lowest BCUT2D eigenvalue weighted by molar-refractivity contribution is -0.123. The number of amides is 1. The predicted molar refractivity (Wildman–Crippen MR) is 66.1 cm³/mol. The van der Waals surface area contributed by atoms with E-state index in [0.29, 0.717) is 6.61 Å². The molecule has 0 bridgehead atoms.